The Labute approximate surface area is 178 Å². The topological polar surface area (TPSA) is 26.3 Å². The minimum absolute atomic E-state index is 0.119. The van der Waals surface area contributed by atoms with Gasteiger partial charge < -0.3 is 4.74 Å². The Morgan fingerprint density at radius 2 is 1.62 bits per heavy atom. The van der Waals surface area contributed by atoms with Gasteiger partial charge in [-0.15, -0.1) is 0 Å². The van der Waals surface area contributed by atoms with E-state index in [1.54, 1.807) is 0 Å². The van der Waals surface area contributed by atoms with Crippen LogP contribution in [0.25, 0.3) is 0 Å². The van der Waals surface area contributed by atoms with Crippen LogP contribution in [0.15, 0.2) is 24.3 Å². The van der Waals surface area contributed by atoms with Crippen LogP contribution < -0.4 is 0 Å². The quantitative estimate of drug-likeness (QED) is 0.328. The first-order chi connectivity index (χ1) is 14.1. The van der Waals surface area contributed by atoms with Crippen molar-refractivity contribution in [3.05, 3.63) is 35.4 Å². The van der Waals surface area contributed by atoms with Crippen molar-refractivity contribution < 1.29 is 9.53 Å². The van der Waals surface area contributed by atoms with Crippen LogP contribution in [-0.2, 0) is 4.74 Å². The SMILES string of the molecule is CCCCCC1CCC(c2ccc(C(=O)O[C@H]3CC[C@H](CC)CC3)cc2)C(C)C1. The first-order valence-electron chi connectivity index (χ1n) is 12.4. The molecule has 0 aliphatic heterocycles. The zero-order valence-corrected chi connectivity index (χ0v) is 19.0. The first-order valence-corrected chi connectivity index (χ1v) is 12.4. The van der Waals surface area contributed by atoms with Crippen molar-refractivity contribution in [2.24, 2.45) is 17.8 Å². The maximum Gasteiger partial charge on any atom is 0.338 e. The largest absolute Gasteiger partial charge is 0.459 e. The van der Waals surface area contributed by atoms with E-state index in [1.165, 1.54) is 69.8 Å². The molecule has 2 heteroatoms. The van der Waals surface area contributed by atoms with E-state index in [0.29, 0.717) is 11.5 Å². The number of rotatable bonds is 8. The van der Waals surface area contributed by atoms with Gasteiger partial charge in [-0.3, -0.25) is 0 Å². The van der Waals surface area contributed by atoms with Gasteiger partial charge in [-0.05, 0) is 86.3 Å². The molecule has 2 nitrogen and oxygen atoms in total. The van der Waals surface area contributed by atoms with E-state index in [0.717, 1.165) is 30.6 Å². The van der Waals surface area contributed by atoms with Crippen LogP contribution in [0, 0.1) is 17.8 Å². The summed E-state index contributed by atoms with van der Waals surface area (Å²) in [5.41, 5.74) is 2.12. The highest BCUT2D eigenvalue weighted by Gasteiger charge is 2.29. The summed E-state index contributed by atoms with van der Waals surface area (Å²) in [5, 5.41) is 0. The predicted molar refractivity (Wildman–Crippen MR) is 121 cm³/mol. The number of ether oxygens (including phenoxy) is 1. The Morgan fingerprint density at radius 1 is 0.931 bits per heavy atom. The van der Waals surface area contributed by atoms with E-state index >= 15 is 0 Å². The zero-order chi connectivity index (χ0) is 20.6. The Balaban J connectivity index is 1.49. The fraction of sp³-hybridized carbons (Fsp3) is 0.741. The molecular weight excluding hydrogens is 356 g/mol. The molecule has 3 unspecified atom stereocenters. The molecule has 1 aromatic rings. The Bertz CT molecular complexity index is 612. The summed E-state index contributed by atoms with van der Waals surface area (Å²) in [5.74, 6) is 3.00. The zero-order valence-electron chi connectivity index (χ0n) is 19.0. The van der Waals surface area contributed by atoms with E-state index < -0.39 is 0 Å². The molecule has 162 valence electrons. The summed E-state index contributed by atoms with van der Waals surface area (Å²) in [6, 6.07) is 8.36. The van der Waals surface area contributed by atoms with E-state index in [-0.39, 0.29) is 12.1 Å². The van der Waals surface area contributed by atoms with Crippen LogP contribution in [0.3, 0.4) is 0 Å². The third-order valence-corrected chi connectivity index (χ3v) is 7.71. The Morgan fingerprint density at radius 3 is 2.24 bits per heavy atom. The van der Waals surface area contributed by atoms with E-state index in [1.807, 2.05) is 12.1 Å². The lowest BCUT2D eigenvalue weighted by molar-refractivity contribution is 0.0164. The maximum atomic E-state index is 12.6. The highest BCUT2D eigenvalue weighted by atomic mass is 16.5. The summed E-state index contributed by atoms with van der Waals surface area (Å²) < 4.78 is 5.80. The molecule has 2 fully saturated rings. The maximum absolute atomic E-state index is 12.6. The third-order valence-electron chi connectivity index (χ3n) is 7.71. The molecule has 0 heterocycles. The van der Waals surface area contributed by atoms with Gasteiger partial charge in [0.2, 0.25) is 0 Å². The molecule has 2 aliphatic carbocycles. The number of carbonyl (C=O) groups is 1. The molecule has 29 heavy (non-hydrogen) atoms. The highest BCUT2D eigenvalue weighted by molar-refractivity contribution is 5.89. The number of hydrogen-bond acceptors (Lipinski definition) is 2. The average molecular weight is 399 g/mol. The normalized spacial score (nSPS) is 30.1. The van der Waals surface area contributed by atoms with E-state index in [4.69, 9.17) is 4.74 Å². The molecular formula is C27H42O2. The summed E-state index contributed by atoms with van der Waals surface area (Å²) >= 11 is 0. The molecule has 0 bridgehead atoms. The molecule has 0 radical (unpaired) electrons. The van der Waals surface area contributed by atoms with Gasteiger partial charge in [0.25, 0.3) is 0 Å². The minimum atomic E-state index is -0.135. The third kappa shape index (κ3) is 6.33. The van der Waals surface area contributed by atoms with Gasteiger partial charge >= 0.3 is 5.97 Å². The monoisotopic (exact) mass is 398 g/mol. The lowest BCUT2D eigenvalue weighted by Gasteiger charge is -2.34. The molecule has 3 atom stereocenters. The minimum Gasteiger partial charge on any atom is -0.459 e. The molecule has 3 rings (SSSR count). The van der Waals surface area contributed by atoms with Crippen molar-refractivity contribution in [1.82, 2.24) is 0 Å². The van der Waals surface area contributed by atoms with Crippen molar-refractivity contribution in [2.45, 2.75) is 110 Å². The van der Waals surface area contributed by atoms with Crippen LogP contribution in [-0.4, -0.2) is 12.1 Å². The second-order valence-electron chi connectivity index (χ2n) is 9.84. The van der Waals surface area contributed by atoms with Gasteiger partial charge in [0.05, 0.1) is 5.56 Å². The molecule has 0 aromatic heterocycles. The van der Waals surface area contributed by atoms with Crippen LogP contribution in [0.2, 0.25) is 0 Å². The average Bonchev–Trinajstić information content (AvgIpc) is 2.75. The molecule has 1 aromatic carbocycles. The molecule has 0 amide bonds. The molecule has 2 saturated carbocycles. The number of benzene rings is 1. The smallest absolute Gasteiger partial charge is 0.338 e. The lowest BCUT2D eigenvalue weighted by Crippen LogP contribution is -2.24. The molecule has 0 saturated heterocycles. The van der Waals surface area contributed by atoms with Gasteiger partial charge in [-0.1, -0.05) is 65.0 Å². The van der Waals surface area contributed by atoms with Crippen LogP contribution in [0.5, 0.6) is 0 Å². The summed E-state index contributed by atoms with van der Waals surface area (Å²) in [6.45, 7) is 6.97. The van der Waals surface area contributed by atoms with Gasteiger partial charge in [-0.25, -0.2) is 4.79 Å². The van der Waals surface area contributed by atoms with Gasteiger partial charge in [-0.2, -0.15) is 0 Å². The highest BCUT2D eigenvalue weighted by Crippen LogP contribution is 2.42. The number of unbranched alkanes of at least 4 members (excludes halogenated alkanes) is 2. The van der Waals surface area contributed by atoms with Crippen molar-refractivity contribution in [3.8, 4) is 0 Å². The first kappa shape index (κ1) is 22.4. The van der Waals surface area contributed by atoms with E-state index in [9.17, 15) is 4.79 Å². The van der Waals surface area contributed by atoms with Crippen molar-refractivity contribution in [3.63, 3.8) is 0 Å². The molecule has 2 aliphatic rings. The molecule has 0 N–H and O–H groups in total. The van der Waals surface area contributed by atoms with Crippen LogP contribution in [0.4, 0.5) is 0 Å². The Kier molecular flexibility index (Phi) is 8.63. The standard InChI is InChI=1S/C27H42O2/c1-4-6-7-8-22-11-18-26(20(3)19-22)23-12-14-24(15-13-23)27(28)29-25-16-9-21(5-2)10-17-25/h12-15,20-22,25-26H,4-11,16-19H2,1-3H3/t20?,21-,22?,25-,26?. The van der Waals surface area contributed by atoms with Gasteiger partial charge in [0, 0.05) is 0 Å². The number of carbonyl (C=O) groups excluding carboxylic acids is 1. The summed E-state index contributed by atoms with van der Waals surface area (Å²) in [4.78, 5) is 12.6. The van der Waals surface area contributed by atoms with Gasteiger partial charge in [0.15, 0.2) is 0 Å². The van der Waals surface area contributed by atoms with Crippen LogP contribution in [0.1, 0.15) is 120 Å². The van der Waals surface area contributed by atoms with Gasteiger partial charge in [0.1, 0.15) is 6.10 Å². The van der Waals surface area contributed by atoms with Crippen molar-refractivity contribution >= 4 is 5.97 Å². The number of esters is 1. The molecule has 0 spiro atoms. The number of hydrogen-bond donors (Lipinski definition) is 0. The van der Waals surface area contributed by atoms with Crippen molar-refractivity contribution in [2.75, 3.05) is 0 Å². The van der Waals surface area contributed by atoms with E-state index in [2.05, 4.69) is 32.9 Å². The summed E-state index contributed by atoms with van der Waals surface area (Å²) in [7, 11) is 0. The van der Waals surface area contributed by atoms with Crippen molar-refractivity contribution in [1.29, 1.82) is 0 Å². The predicted octanol–water partition coefficient (Wildman–Crippen LogP) is 7.91. The summed E-state index contributed by atoms with van der Waals surface area (Å²) in [6.07, 6.45) is 15.4. The fourth-order valence-electron chi connectivity index (χ4n) is 5.69. The second kappa shape index (κ2) is 11.2. The fourth-order valence-corrected chi connectivity index (χ4v) is 5.69. The van der Waals surface area contributed by atoms with Crippen LogP contribution >= 0.6 is 0 Å². The Hall–Kier alpha value is -1.31. The lowest BCUT2D eigenvalue weighted by atomic mass is 9.71. The second-order valence-corrected chi connectivity index (χ2v) is 9.84.